The minimum atomic E-state index is -0.519. The van der Waals surface area contributed by atoms with Gasteiger partial charge < -0.3 is 18.6 Å². The van der Waals surface area contributed by atoms with Crippen LogP contribution in [0.3, 0.4) is 0 Å². The molecule has 0 amide bonds. The number of carbonyl (C=O) groups is 1. The van der Waals surface area contributed by atoms with E-state index in [1.807, 2.05) is 36.4 Å². The van der Waals surface area contributed by atoms with Crippen LogP contribution in [0.25, 0.3) is 27.8 Å². The highest BCUT2D eigenvalue weighted by molar-refractivity contribution is 6.07. The Hall–Kier alpha value is -4.06. The maximum Gasteiger partial charge on any atom is 0.336 e. The lowest BCUT2D eigenvalue weighted by atomic mass is 10.0. The molecule has 0 saturated carbocycles. The highest BCUT2D eigenvalue weighted by Gasteiger charge is 2.13. The molecule has 5 rings (SSSR count). The van der Waals surface area contributed by atoms with Gasteiger partial charge in [-0.3, -0.25) is 0 Å². The van der Waals surface area contributed by atoms with Crippen LogP contribution in [0.5, 0.6) is 11.5 Å². The van der Waals surface area contributed by atoms with E-state index in [1.165, 1.54) is 12.1 Å². The minimum Gasteiger partial charge on any atom is -0.458 e. The number of benzene rings is 3. The standard InChI is InChI=1S/C24H16O6/c25-22(10-6-15-5-8-19-21(11-15)29-14-28-19)27-13-17-12-23(26)30-20-9-7-16-3-1-2-4-18(16)24(17)20/h1-12H,13-14H2/b10-6+. The number of esters is 1. The van der Waals surface area contributed by atoms with Gasteiger partial charge in [0.1, 0.15) is 12.2 Å². The molecule has 0 aliphatic carbocycles. The first-order valence-electron chi connectivity index (χ1n) is 9.36. The normalized spacial score (nSPS) is 12.7. The van der Waals surface area contributed by atoms with Crippen LogP contribution < -0.4 is 15.1 Å². The molecule has 2 heterocycles. The zero-order valence-electron chi connectivity index (χ0n) is 15.8. The van der Waals surface area contributed by atoms with Crippen molar-refractivity contribution in [1.82, 2.24) is 0 Å². The fourth-order valence-corrected chi connectivity index (χ4v) is 3.51. The Balaban J connectivity index is 1.39. The van der Waals surface area contributed by atoms with Crippen molar-refractivity contribution in [3.8, 4) is 11.5 Å². The molecule has 0 bridgehead atoms. The minimum absolute atomic E-state index is 0.0413. The van der Waals surface area contributed by atoms with Gasteiger partial charge in [0.25, 0.3) is 0 Å². The van der Waals surface area contributed by atoms with Crippen molar-refractivity contribution >= 4 is 33.8 Å². The molecule has 0 radical (unpaired) electrons. The van der Waals surface area contributed by atoms with Crippen LogP contribution in [0, 0.1) is 0 Å². The molecular formula is C24H16O6. The van der Waals surface area contributed by atoms with E-state index in [-0.39, 0.29) is 13.4 Å². The van der Waals surface area contributed by atoms with Crippen LogP contribution in [0.1, 0.15) is 11.1 Å². The summed E-state index contributed by atoms with van der Waals surface area (Å²) in [6, 6.07) is 18.2. The molecule has 148 valence electrons. The zero-order chi connectivity index (χ0) is 20.5. The Bertz CT molecular complexity index is 1370. The molecule has 0 spiro atoms. The van der Waals surface area contributed by atoms with Crippen LogP contribution in [0.4, 0.5) is 0 Å². The van der Waals surface area contributed by atoms with Crippen LogP contribution in [0.2, 0.25) is 0 Å². The van der Waals surface area contributed by atoms with E-state index in [0.29, 0.717) is 22.6 Å². The second-order valence-corrected chi connectivity index (χ2v) is 6.80. The van der Waals surface area contributed by atoms with Gasteiger partial charge in [0, 0.05) is 23.1 Å². The lowest BCUT2D eigenvalue weighted by Gasteiger charge is -2.08. The summed E-state index contributed by atoms with van der Waals surface area (Å²) >= 11 is 0. The molecule has 0 fully saturated rings. The molecule has 0 atom stereocenters. The summed E-state index contributed by atoms with van der Waals surface area (Å²) in [7, 11) is 0. The van der Waals surface area contributed by atoms with Gasteiger partial charge in [-0.1, -0.05) is 36.4 Å². The van der Waals surface area contributed by atoms with Crippen molar-refractivity contribution in [2.75, 3.05) is 6.79 Å². The van der Waals surface area contributed by atoms with Crippen molar-refractivity contribution in [3.05, 3.63) is 88.3 Å². The molecule has 6 heteroatoms. The molecule has 6 nitrogen and oxygen atoms in total. The summed E-state index contributed by atoms with van der Waals surface area (Å²) in [5.74, 6) is 0.797. The van der Waals surface area contributed by atoms with Crippen LogP contribution in [-0.4, -0.2) is 12.8 Å². The smallest absolute Gasteiger partial charge is 0.336 e. The fourth-order valence-electron chi connectivity index (χ4n) is 3.51. The first-order chi connectivity index (χ1) is 14.7. The van der Waals surface area contributed by atoms with Crippen LogP contribution in [-0.2, 0) is 16.1 Å². The highest BCUT2D eigenvalue weighted by Crippen LogP contribution is 2.33. The summed E-state index contributed by atoms with van der Waals surface area (Å²) in [6.45, 7) is 0.151. The van der Waals surface area contributed by atoms with E-state index < -0.39 is 11.6 Å². The van der Waals surface area contributed by atoms with E-state index in [0.717, 1.165) is 21.7 Å². The second-order valence-electron chi connectivity index (χ2n) is 6.80. The van der Waals surface area contributed by atoms with Gasteiger partial charge in [-0.25, -0.2) is 9.59 Å². The van der Waals surface area contributed by atoms with Gasteiger partial charge >= 0.3 is 11.6 Å². The maximum atomic E-state index is 12.2. The molecule has 3 aromatic carbocycles. The largest absolute Gasteiger partial charge is 0.458 e. The Kier molecular flexibility index (Phi) is 4.44. The maximum absolute atomic E-state index is 12.2. The molecule has 30 heavy (non-hydrogen) atoms. The average molecular weight is 400 g/mol. The monoisotopic (exact) mass is 400 g/mol. The predicted molar refractivity (Wildman–Crippen MR) is 111 cm³/mol. The van der Waals surface area contributed by atoms with E-state index in [4.69, 9.17) is 18.6 Å². The van der Waals surface area contributed by atoms with Crippen LogP contribution >= 0.6 is 0 Å². The Morgan fingerprint density at radius 2 is 1.87 bits per heavy atom. The van der Waals surface area contributed by atoms with Crippen molar-refractivity contribution in [3.63, 3.8) is 0 Å². The second kappa shape index (κ2) is 7.40. The number of ether oxygens (including phenoxy) is 3. The lowest BCUT2D eigenvalue weighted by molar-refractivity contribution is -0.138. The van der Waals surface area contributed by atoms with Crippen molar-refractivity contribution < 1.29 is 23.4 Å². The summed E-state index contributed by atoms with van der Waals surface area (Å²) in [6.07, 6.45) is 2.97. The molecule has 1 aromatic heterocycles. The summed E-state index contributed by atoms with van der Waals surface area (Å²) in [5.41, 5.74) is 1.36. The first-order valence-corrected chi connectivity index (χ1v) is 9.36. The third-order valence-electron chi connectivity index (χ3n) is 4.89. The zero-order valence-corrected chi connectivity index (χ0v) is 15.8. The number of hydrogen-bond acceptors (Lipinski definition) is 6. The van der Waals surface area contributed by atoms with Gasteiger partial charge in [0.05, 0.1) is 0 Å². The van der Waals surface area contributed by atoms with E-state index in [2.05, 4.69) is 0 Å². The highest BCUT2D eigenvalue weighted by atomic mass is 16.7. The van der Waals surface area contributed by atoms with Gasteiger partial charge in [-0.15, -0.1) is 0 Å². The Morgan fingerprint density at radius 1 is 1.00 bits per heavy atom. The van der Waals surface area contributed by atoms with E-state index in [9.17, 15) is 9.59 Å². The Morgan fingerprint density at radius 3 is 2.80 bits per heavy atom. The number of fused-ring (bicyclic) bond motifs is 4. The lowest BCUT2D eigenvalue weighted by Crippen LogP contribution is -2.06. The van der Waals surface area contributed by atoms with Crippen molar-refractivity contribution in [2.45, 2.75) is 6.61 Å². The summed E-state index contributed by atoms with van der Waals surface area (Å²) in [5, 5.41) is 2.70. The fraction of sp³-hybridized carbons (Fsp3) is 0.0833. The predicted octanol–water partition coefficient (Wildman–Crippen LogP) is 4.43. The average Bonchev–Trinajstić information content (AvgIpc) is 3.23. The first kappa shape index (κ1) is 18.0. The van der Waals surface area contributed by atoms with E-state index in [1.54, 1.807) is 24.3 Å². The Labute approximate surface area is 170 Å². The van der Waals surface area contributed by atoms with Gasteiger partial charge in [-0.05, 0) is 40.6 Å². The summed E-state index contributed by atoms with van der Waals surface area (Å²) < 4.78 is 21.3. The van der Waals surface area contributed by atoms with Crippen molar-refractivity contribution in [1.29, 1.82) is 0 Å². The van der Waals surface area contributed by atoms with Gasteiger partial charge in [0.15, 0.2) is 11.5 Å². The van der Waals surface area contributed by atoms with Crippen LogP contribution in [0.15, 0.2) is 76.0 Å². The summed E-state index contributed by atoms with van der Waals surface area (Å²) in [4.78, 5) is 24.2. The molecule has 0 N–H and O–H groups in total. The van der Waals surface area contributed by atoms with E-state index >= 15 is 0 Å². The molecular weight excluding hydrogens is 384 g/mol. The molecule has 1 aliphatic rings. The molecule has 0 unspecified atom stereocenters. The third-order valence-corrected chi connectivity index (χ3v) is 4.89. The molecule has 0 saturated heterocycles. The topological polar surface area (TPSA) is 75.0 Å². The number of carbonyl (C=O) groups excluding carboxylic acids is 1. The molecule has 1 aliphatic heterocycles. The van der Waals surface area contributed by atoms with Crippen molar-refractivity contribution in [2.24, 2.45) is 0 Å². The number of hydrogen-bond donors (Lipinski definition) is 0. The van der Waals surface area contributed by atoms with Gasteiger partial charge in [-0.2, -0.15) is 0 Å². The SMILES string of the molecule is O=C(/C=C/c1ccc2c(c1)OCO2)OCc1cc(=O)oc2ccc3ccccc3c12. The quantitative estimate of drug-likeness (QED) is 0.218. The van der Waals surface area contributed by atoms with Gasteiger partial charge in [0.2, 0.25) is 6.79 Å². The third kappa shape index (κ3) is 3.39. The number of rotatable bonds is 4. The molecule has 4 aromatic rings.